The molecule has 0 aliphatic heterocycles. The number of allylic oxidation sites excluding steroid dienone is 1. The first-order valence-electron chi connectivity index (χ1n) is 8.86. The molecule has 0 amide bonds. The fourth-order valence-electron chi connectivity index (χ4n) is 2.89. The number of ketones is 1. The fraction of sp³-hybridized carbons (Fsp3) is 0.0417. The van der Waals surface area contributed by atoms with Crippen LogP contribution in [-0.2, 0) is 6.61 Å². The fourth-order valence-corrected chi connectivity index (χ4v) is 3.06. The SMILES string of the molecule is O=C(C=Cc1cc2ccccc2o1)c1cc(Cl)ccc1OCc1ccccc1. The van der Waals surface area contributed by atoms with Crippen molar-refractivity contribution in [2.45, 2.75) is 6.61 Å². The van der Waals surface area contributed by atoms with Gasteiger partial charge in [0.2, 0.25) is 0 Å². The minimum absolute atomic E-state index is 0.203. The summed E-state index contributed by atoms with van der Waals surface area (Å²) in [5.41, 5.74) is 2.22. The lowest BCUT2D eigenvalue weighted by molar-refractivity contribution is 0.104. The van der Waals surface area contributed by atoms with Crippen LogP contribution in [0.5, 0.6) is 5.75 Å². The van der Waals surface area contributed by atoms with E-state index in [2.05, 4.69) is 0 Å². The number of fused-ring (bicyclic) bond motifs is 1. The van der Waals surface area contributed by atoms with Crippen molar-refractivity contribution < 1.29 is 13.9 Å². The number of furan rings is 1. The number of carbonyl (C=O) groups is 1. The standard InChI is InChI=1S/C24H17ClO3/c25-19-10-13-24(27-16-17-6-2-1-3-7-17)21(15-19)22(26)12-11-20-14-18-8-4-5-9-23(18)28-20/h1-15H,16H2. The molecule has 0 bridgehead atoms. The van der Waals surface area contributed by atoms with E-state index in [9.17, 15) is 4.79 Å². The van der Waals surface area contributed by atoms with Crippen molar-refractivity contribution in [1.29, 1.82) is 0 Å². The second-order valence-corrected chi connectivity index (χ2v) is 6.74. The number of hydrogen-bond donors (Lipinski definition) is 0. The summed E-state index contributed by atoms with van der Waals surface area (Å²) in [4.78, 5) is 12.8. The van der Waals surface area contributed by atoms with Gasteiger partial charge >= 0.3 is 0 Å². The van der Waals surface area contributed by atoms with Gasteiger partial charge in [0.1, 0.15) is 23.7 Å². The lowest BCUT2D eigenvalue weighted by Gasteiger charge is -2.10. The van der Waals surface area contributed by atoms with Crippen molar-refractivity contribution in [1.82, 2.24) is 0 Å². The van der Waals surface area contributed by atoms with Crippen LogP contribution in [0.15, 0.2) is 89.4 Å². The van der Waals surface area contributed by atoms with E-state index in [1.165, 1.54) is 6.08 Å². The van der Waals surface area contributed by atoms with Gasteiger partial charge in [-0.2, -0.15) is 0 Å². The summed E-state index contributed by atoms with van der Waals surface area (Å²) in [6.45, 7) is 0.371. The van der Waals surface area contributed by atoms with Gasteiger partial charge in [0.05, 0.1) is 5.56 Å². The predicted molar refractivity (Wildman–Crippen MR) is 112 cm³/mol. The molecular weight excluding hydrogens is 372 g/mol. The number of benzene rings is 3. The molecule has 3 nitrogen and oxygen atoms in total. The van der Waals surface area contributed by atoms with Crippen LogP contribution in [0.25, 0.3) is 17.0 Å². The largest absolute Gasteiger partial charge is 0.488 e. The first-order valence-corrected chi connectivity index (χ1v) is 9.24. The molecular formula is C24H17ClO3. The number of halogens is 1. The third kappa shape index (κ3) is 4.16. The smallest absolute Gasteiger partial charge is 0.189 e. The zero-order chi connectivity index (χ0) is 19.3. The van der Waals surface area contributed by atoms with Crippen molar-refractivity contribution in [3.05, 3.63) is 107 Å². The molecule has 0 fully saturated rings. The summed E-state index contributed by atoms with van der Waals surface area (Å²) in [6.07, 6.45) is 3.13. The molecule has 28 heavy (non-hydrogen) atoms. The molecule has 1 heterocycles. The van der Waals surface area contributed by atoms with Gasteiger partial charge in [-0.05, 0) is 48.0 Å². The van der Waals surface area contributed by atoms with E-state index in [4.69, 9.17) is 20.8 Å². The van der Waals surface area contributed by atoms with Gasteiger partial charge in [-0.1, -0.05) is 60.1 Å². The van der Waals surface area contributed by atoms with Crippen LogP contribution in [0, 0.1) is 0 Å². The number of rotatable bonds is 6. The second kappa shape index (κ2) is 8.15. The molecule has 0 unspecified atom stereocenters. The third-order valence-corrected chi connectivity index (χ3v) is 4.52. The van der Waals surface area contributed by atoms with E-state index in [-0.39, 0.29) is 5.78 Å². The molecule has 1 aromatic heterocycles. The Morgan fingerprint density at radius 3 is 2.57 bits per heavy atom. The van der Waals surface area contributed by atoms with E-state index in [1.54, 1.807) is 24.3 Å². The molecule has 138 valence electrons. The first-order chi connectivity index (χ1) is 13.7. The number of ether oxygens (including phenoxy) is 1. The zero-order valence-electron chi connectivity index (χ0n) is 15.0. The Bertz CT molecular complexity index is 1110. The Labute approximate surface area is 167 Å². The maximum Gasteiger partial charge on any atom is 0.189 e. The summed E-state index contributed by atoms with van der Waals surface area (Å²) >= 11 is 6.10. The molecule has 4 aromatic rings. The Balaban J connectivity index is 1.55. The lowest BCUT2D eigenvalue weighted by Crippen LogP contribution is -2.02. The average Bonchev–Trinajstić information content (AvgIpc) is 3.15. The van der Waals surface area contributed by atoms with Gasteiger partial charge in [-0.25, -0.2) is 0 Å². The van der Waals surface area contributed by atoms with Crippen LogP contribution in [0.1, 0.15) is 21.7 Å². The number of hydrogen-bond acceptors (Lipinski definition) is 3. The maximum absolute atomic E-state index is 12.8. The molecule has 0 atom stereocenters. The quantitative estimate of drug-likeness (QED) is 0.277. The monoisotopic (exact) mass is 388 g/mol. The highest BCUT2D eigenvalue weighted by Crippen LogP contribution is 2.26. The van der Waals surface area contributed by atoms with Crippen LogP contribution < -0.4 is 4.74 Å². The van der Waals surface area contributed by atoms with Crippen molar-refractivity contribution in [2.75, 3.05) is 0 Å². The summed E-state index contributed by atoms with van der Waals surface area (Å²) in [6, 6.07) is 24.4. The van der Waals surface area contributed by atoms with Crippen molar-refractivity contribution >= 4 is 34.4 Å². The van der Waals surface area contributed by atoms with Crippen LogP contribution in [-0.4, -0.2) is 5.78 Å². The average molecular weight is 389 g/mol. The molecule has 0 radical (unpaired) electrons. The Kier molecular flexibility index (Phi) is 5.27. The van der Waals surface area contributed by atoms with E-state index >= 15 is 0 Å². The predicted octanol–water partition coefficient (Wildman–Crippen LogP) is 6.56. The minimum Gasteiger partial charge on any atom is -0.488 e. The van der Waals surface area contributed by atoms with E-state index < -0.39 is 0 Å². The highest BCUT2D eigenvalue weighted by atomic mass is 35.5. The van der Waals surface area contributed by atoms with Crippen LogP contribution >= 0.6 is 11.6 Å². The highest BCUT2D eigenvalue weighted by molar-refractivity contribution is 6.31. The molecule has 0 N–H and O–H groups in total. The summed E-state index contributed by atoms with van der Waals surface area (Å²) in [5, 5.41) is 1.47. The normalized spacial score (nSPS) is 11.2. The molecule has 0 aliphatic rings. The minimum atomic E-state index is -0.203. The summed E-state index contributed by atoms with van der Waals surface area (Å²) < 4.78 is 11.6. The van der Waals surface area contributed by atoms with Gasteiger partial charge in [0.25, 0.3) is 0 Å². The van der Waals surface area contributed by atoms with Crippen LogP contribution in [0.3, 0.4) is 0 Å². The van der Waals surface area contributed by atoms with E-state index in [0.29, 0.717) is 28.7 Å². The van der Waals surface area contributed by atoms with Crippen molar-refractivity contribution in [3.8, 4) is 5.75 Å². The van der Waals surface area contributed by atoms with Gasteiger partial charge in [0, 0.05) is 10.4 Å². The molecule has 0 spiro atoms. The molecule has 0 aliphatic carbocycles. The lowest BCUT2D eigenvalue weighted by atomic mass is 10.1. The van der Waals surface area contributed by atoms with Gasteiger partial charge in [-0.15, -0.1) is 0 Å². The topological polar surface area (TPSA) is 39.4 Å². The van der Waals surface area contributed by atoms with Gasteiger partial charge in [0.15, 0.2) is 5.78 Å². The molecule has 0 saturated carbocycles. The molecule has 0 saturated heterocycles. The second-order valence-electron chi connectivity index (χ2n) is 6.30. The number of para-hydroxylation sites is 1. The molecule has 4 heteroatoms. The van der Waals surface area contributed by atoms with E-state index in [0.717, 1.165) is 16.5 Å². The molecule has 4 rings (SSSR count). The van der Waals surface area contributed by atoms with Gasteiger partial charge in [-0.3, -0.25) is 4.79 Å². The molecule has 3 aromatic carbocycles. The maximum atomic E-state index is 12.8. The zero-order valence-corrected chi connectivity index (χ0v) is 15.7. The Morgan fingerprint density at radius 1 is 0.964 bits per heavy atom. The summed E-state index contributed by atoms with van der Waals surface area (Å²) in [5.74, 6) is 0.904. The van der Waals surface area contributed by atoms with Crippen molar-refractivity contribution in [2.24, 2.45) is 0 Å². The highest BCUT2D eigenvalue weighted by Gasteiger charge is 2.12. The first kappa shape index (κ1) is 18.1. The Morgan fingerprint density at radius 2 is 1.75 bits per heavy atom. The number of carbonyl (C=O) groups excluding carboxylic acids is 1. The van der Waals surface area contributed by atoms with Crippen LogP contribution in [0.4, 0.5) is 0 Å². The van der Waals surface area contributed by atoms with Gasteiger partial charge < -0.3 is 9.15 Å². The van der Waals surface area contributed by atoms with Crippen LogP contribution in [0.2, 0.25) is 5.02 Å². The Hall–Kier alpha value is -3.30. The van der Waals surface area contributed by atoms with E-state index in [1.807, 2.05) is 60.7 Å². The third-order valence-electron chi connectivity index (χ3n) is 4.29. The van der Waals surface area contributed by atoms with Crippen molar-refractivity contribution in [3.63, 3.8) is 0 Å². The summed E-state index contributed by atoms with van der Waals surface area (Å²) in [7, 11) is 0.